The molecule has 0 amide bonds. The zero-order valence-corrected chi connectivity index (χ0v) is 21.7. The molecule has 4 aromatic rings. The summed E-state index contributed by atoms with van der Waals surface area (Å²) in [4.78, 5) is 11.5. The number of rotatable bonds is 6. The molecule has 2 atom stereocenters. The van der Waals surface area contributed by atoms with Crippen molar-refractivity contribution in [2.45, 2.75) is 56.7 Å². The zero-order chi connectivity index (χ0) is 25.6. The highest BCUT2D eigenvalue weighted by molar-refractivity contribution is 6.00. The van der Waals surface area contributed by atoms with Gasteiger partial charge in [0.2, 0.25) is 0 Å². The van der Waals surface area contributed by atoms with Crippen molar-refractivity contribution in [2.24, 2.45) is 5.92 Å². The van der Waals surface area contributed by atoms with Crippen LogP contribution in [0.25, 0.3) is 22.2 Å². The number of anilines is 1. The lowest BCUT2D eigenvalue weighted by atomic mass is 9.79. The molecular formula is C31H35N5O2. The summed E-state index contributed by atoms with van der Waals surface area (Å²) < 4.78 is 8.83. The van der Waals surface area contributed by atoms with Gasteiger partial charge in [-0.05, 0) is 73.7 Å². The van der Waals surface area contributed by atoms with Gasteiger partial charge in [0.25, 0.3) is 0 Å². The van der Waals surface area contributed by atoms with Crippen molar-refractivity contribution in [1.29, 1.82) is 0 Å². The molecule has 7 heteroatoms. The summed E-state index contributed by atoms with van der Waals surface area (Å²) >= 11 is 0. The third-order valence-electron chi connectivity index (χ3n) is 8.94. The number of benzene rings is 2. The van der Waals surface area contributed by atoms with Crippen LogP contribution in [-0.2, 0) is 6.42 Å². The second-order valence-corrected chi connectivity index (χ2v) is 11.3. The zero-order valence-electron chi connectivity index (χ0n) is 21.7. The van der Waals surface area contributed by atoms with E-state index >= 15 is 0 Å². The van der Waals surface area contributed by atoms with Crippen molar-refractivity contribution in [2.75, 3.05) is 25.4 Å². The highest BCUT2D eigenvalue weighted by atomic mass is 16.5. The maximum Gasteiger partial charge on any atom is 0.146 e. The maximum absolute atomic E-state index is 9.69. The first kappa shape index (κ1) is 23.7. The van der Waals surface area contributed by atoms with Crippen molar-refractivity contribution >= 4 is 16.9 Å². The van der Waals surface area contributed by atoms with Crippen molar-refractivity contribution in [3.63, 3.8) is 0 Å². The minimum Gasteiger partial charge on any atom is -0.485 e. The van der Waals surface area contributed by atoms with Crippen LogP contribution in [0.2, 0.25) is 0 Å². The molecule has 7 nitrogen and oxygen atoms in total. The van der Waals surface area contributed by atoms with Crippen LogP contribution >= 0.6 is 0 Å². The van der Waals surface area contributed by atoms with Crippen LogP contribution in [0.4, 0.5) is 5.82 Å². The van der Waals surface area contributed by atoms with Gasteiger partial charge in [-0.15, -0.1) is 0 Å². The third-order valence-corrected chi connectivity index (χ3v) is 8.94. The van der Waals surface area contributed by atoms with E-state index in [9.17, 15) is 5.11 Å². The number of hydrogen-bond acceptors (Lipinski definition) is 6. The van der Waals surface area contributed by atoms with Crippen molar-refractivity contribution in [1.82, 2.24) is 19.4 Å². The van der Waals surface area contributed by atoms with E-state index in [-0.39, 0.29) is 12.7 Å². The van der Waals surface area contributed by atoms with Crippen LogP contribution in [0, 0.1) is 5.92 Å². The summed E-state index contributed by atoms with van der Waals surface area (Å²) in [5.41, 5.74) is 12.0. The van der Waals surface area contributed by atoms with Crippen LogP contribution in [0.3, 0.4) is 0 Å². The predicted molar refractivity (Wildman–Crippen MR) is 149 cm³/mol. The Kier molecular flexibility index (Phi) is 6.05. The molecule has 1 saturated heterocycles. The number of aromatic nitrogens is 3. The fourth-order valence-corrected chi connectivity index (χ4v) is 6.80. The number of aryl methyl sites for hydroxylation is 1. The topological polar surface area (TPSA) is 89.4 Å². The molecule has 2 fully saturated rings. The van der Waals surface area contributed by atoms with Crippen molar-refractivity contribution in [3.8, 4) is 16.9 Å². The molecule has 3 N–H and O–H groups in total. The van der Waals surface area contributed by atoms with E-state index in [4.69, 9.17) is 10.5 Å². The number of aliphatic hydroxyl groups is 1. The number of hydrogen-bond donors (Lipinski definition) is 2. The standard InChI is InChI=1S/C31H35N5O2/c32-30-29-26(23-9-8-22-10-11-27(38-28(22)15-23)21-5-2-1-3-6-21)17-36(31(29)34-19-33-30)25-13-20(14-25)16-35-12-4-7-24(35)18-37/h1-3,5-6,8-9,15,17,19-20,24-25,27,37H,4,7,10-14,16,18H2,(H2,32,33,34)/t20?,24?,25?,27-/m0/s1. The average Bonchev–Trinajstić information content (AvgIpc) is 3.55. The summed E-state index contributed by atoms with van der Waals surface area (Å²) in [6, 6.07) is 17.8. The molecule has 1 unspecified atom stereocenters. The lowest BCUT2D eigenvalue weighted by Gasteiger charge is -2.39. The molecule has 38 heavy (non-hydrogen) atoms. The number of ether oxygens (including phenoxy) is 1. The molecule has 0 bridgehead atoms. The Balaban J connectivity index is 1.16. The summed E-state index contributed by atoms with van der Waals surface area (Å²) in [5, 5.41) is 10.6. The second kappa shape index (κ2) is 9.71. The van der Waals surface area contributed by atoms with Gasteiger partial charge in [0.15, 0.2) is 0 Å². The molecule has 0 radical (unpaired) electrons. The number of aliphatic hydroxyl groups excluding tert-OH is 1. The van der Waals surface area contributed by atoms with Crippen LogP contribution in [0.15, 0.2) is 61.1 Å². The van der Waals surface area contributed by atoms with E-state index in [1.54, 1.807) is 6.33 Å². The molecule has 4 heterocycles. The van der Waals surface area contributed by atoms with Crippen LogP contribution in [-0.4, -0.2) is 50.3 Å². The summed E-state index contributed by atoms with van der Waals surface area (Å²) in [6.45, 7) is 2.46. The molecule has 2 aromatic carbocycles. The molecule has 2 aromatic heterocycles. The fraction of sp³-hybridized carbons (Fsp3) is 0.419. The fourth-order valence-electron chi connectivity index (χ4n) is 6.80. The first-order valence-corrected chi connectivity index (χ1v) is 14.0. The number of nitrogens with zero attached hydrogens (tertiary/aromatic N) is 4. The lowest BCUT2D eigenvalue weighted by Crippen LogP contribution is -2.40. The van der Waals surface area contributed by atoms with Crippen molar-refractivity contribution < 1.29 is 9.84 Å². The molecular weight excluding hydrogens is 474 g/mol. The monoisotopic (exact) mass is 509 g/mol. The molecule has 3 aliphatic rings. The minimum absolute atomic E-state index is 0.0710. The maximum atomic E-state index is 9.69. The van der Waals surface area contributed by atoms with Gasteiger partial charge >= 0.3 is 0 Å². The van der Waals surface area contributed by atoms with Crippen LogP contribution < -0.4 is 10.5 Å². The quantitative estimate of drug-likeness (QED) is 0.373. The van der Waals surface area contributed by atoms with Gasteiger partial charge < -0.3 is 20.1 Å². The second-order valence-electron chi connectivity index (χ2n) is 11.3. The number of nitrogens with two attached hydrogens (primary N) is 1. The summed E-state index contributed by atoms with van der Waals surface area (Å²) in [7, 11) is 0. The Labute approximate surface area is 223 Å². The van der Waals surface area contributed by atoms with E-state index in [2.05, 4.69) is 68.1 Å². The van der Waals surface area contributed by atoms with E-state index in [1.165, 1.54) is 17.5 Å². The average molecular weight is 510 g/mol. The number of nitrogen functional groups attached to an aromatic ring is 1. The third kappa shape index (κ3) is 4.14. The van der Waals surface area contributed by atoms with Gasteiger partial charge in [-0.25, -0.2) is 9.97 Å². The highest BCUT2D eigenvalue weighted by Gasteiger charge is 2.36. The molecule has 2 aliphatic heterocycles. The summed E-state index contributed by atoms with van der Waals surface area (Å²) in [6.07, 6.45) is 10.4. The SMILES string of the molecule is Nc1ncnc2c1c(-c1ccc3c(c1)O[C@H](c1ccccc1)CC3)cn2C1CC(CN2CCCC2CO)C1. The molecule has 0 spiro atoms. The normalized spacial score (nSPS) is 25.2. The van der Waals surface area contributed by atoms with Gasteiger partial charge in [0.05, 0.1) is 12.0 Å². The summed E-state index contributed by atoms with van der Waals surface area (Å²) in [5.74, 6) is 2.12. The van der Waals surface area contributed by atoms with E-state index in [1.807, 2.05) is 6.07 Å². The predicted octanol–water partition coefficient (Wildman–Crippen LogP) is 5.15. The van der Waals surface area contributed by atoms with Gasteiger partial charge in [0.1, 0.15) is 29.6 Å². The van der Waals surface area contributed by atoms with Gasteiger partial charge in [-0.2, -0.15) is 0 Å². The van der Waals surface area contributed by atoms with Gasteiger partial charge in [-0.3, -0.25) is 4.90 Å². The Hall–Kier alpha value is -3.42. The Morgan fingerprint density at radius 1 is 1.05 bits per heavy atom. The minimum atomic E-state index is 0.0710. The Morgan fingerprint density at radius 3 is 2.76 bits per heavy atom. The first-order valence-electron chi connectivity index (χ1n) is 14.0. The van der Waals surface area contributed by atoms with E-state index in [0.29, 0.717) is 23.8 Å². The molecule has 1 aliphatic carbocycles. The highest BCUT2D eigenvalue weighted by Crippen LogP contribution is 2.45. The van der Waals surface area contributed by atoms with Crippen molar-refractivity contribution in [3.05, 3.63) is 72.2 Å². The molecule has 7 rings (SSSR count). The van der Waals surface area contributed by atoms with Crippen LogP contribution in [0.5, 0.6) is 5.75 Å². The molecule has 196 valence electrons. The smallest absolute Gasteiger partial charge is 0.146 e. The number of likely N-dealkylation sites (tertiary alicyclic amines) is 1. The Bertz CT molecular complexity index is 1450. The largest absolute Gasteiger partial charge is 0.485 e. The van der Waals surface area contributed by atoms with E-state index < -0.39 is 0 Å². The lowest BCUT2D eigenvalue weighted by molar-refractivity contribution is 0.0970. The first-order chi connectivity index (χ1) is 18.7. The van der Waals surface area contributed by atoms with Gasteiger partial charge in [0, 0.05) is 30.4 Å². The Morgan fingerprint density at radius 2 is 1.92 bits per heavy atom. The number of fused-ring (bicyclic) bond motifs is 2. The molecule has 1 saturated carbocycles. The van der Waals surface area contributed by atoms with E-state index in [0.717, 1.165) is 73.1 Å². The van der Waals surface area contributed by atoms with Crippen LogP contribution in [0.1, 0.15) is 55.4 Å². The van der Waals surface area contributed by atoms with Gasteiger partial charge in [-0.1, -0.05) is 42.5 Å².